The van der Waals surface area contributed by atoms with Crippen molar-refractivity contribution in [3.8, 4) is 0 Å². The third-order valence-electron chi connectivity index (χ3n) is 3.41. The first kappa shape index (κ1) is 17.5. The highest BCUT2D eigenvalue weighted by Crippen LogP contribution is 2.17. The van der Waals surface area contributed by atoms with Crippen LogP contribution in [0.4, 0.5) is 0 Å². The molecule has 0 saturated heterocycles. The van der Waals surface area contributed by atoms with Crippen molar-refractivity contribution < 1.29 is 4.79 Å². The van der Waals surface area contributed by atoms with Crippen LogP contribution in [-0.4, -0.2) is 31.9 Å². The standard InChI is InChI=1S/C16H23N5OS/c1-11(2)9-13-5-7-14(8-6-13)12(3)17-15(22)10-23-16-18-19-20-21(16)4/h5-8,11-12H,9-10H2,1-4H3,(H,17,22)/t12-/m0/s1. The molecule has 2 aromatic rings. The van der Waals surface area contributed by atoms with Crippen molar-refractivity contribution in [1.82, 2.24) is 25.5 Å². The van der Waals surface area contributed by atoms with Gasteiger partial charge in [0.2, 0.25) is 11.1 Å². The molecule has 124 valence electrons. The highest BCUT2D eigenvalue weighted by Gasteiger charge is 2.12. The van der Waals surface area contributed by atoms with Gasteiger partial charge in [0.1, 0.15) is 0 Å². The Morgan fingerprint density at radius 1 is 1.26 bits per heavy atom. The van der Waals surface area contributed by atoms with Gasteiger partial charge in [-0.1, -0.05) is 49.9 Å². The molecule has 1 aromatic carbocycles. The maximum Gasteiger partial charge on any atom is 0.230 e. The first-order valence-corrected chi connectivity index (χ1v) is 8.67. The summed E-state index contributed by atoms with van der Waals surface area (Å²) in [5.74, 6) is 0.908. The zero-order chi connectivity index (χ0) is 16.8. The molecule has 6 nitrogen and oxygen atoms in total. The van der Waals surface area contributed by atoms with E-state index in [0.29, 0.717) is 16.8 Å². The van der Waals surface area contributed by atoms with Crippen LogP contribution >= 0.6 is 11.8 Å². The summed E-state index contributed by atoms with van der Waals surface area (Å²) in [6, 6.07) is 8.43. The number of hydrogen-bond donors (Lipinski definition) is 1. The van der Waals surface area contributed by atoms with E-state index < -0.39 is 0 Å². The average Bonchev–Trinajstić information content (AvgIpc) is 2.90. The number of amides is 1. The molecular formula is C16H23N5OS. The van der Waals surface area contributed by atoms with Crippen molar-refractivity contribution in [1.29, 1.82) is 0 Å². The first-order chi connectivity index (χ1) is 11.0. The van der Waals surface area contributed by atoms with Crippen molar-refractivity contribution in [2.45, 2.75) is 38.4 Å². The van der Waals surface area contributed by atoms with Crippen LogP contribution in [0.2, 0.25) is 0 Å². The summed E-state index contributed by atoms with van der Waals surface area (Å²) in [7, 11) is 1.75. The SMILES string of the molecule is CC(C)Cc1ccc([C@H](C)NC(=O)CSc2nnnn2C)cc1. The van der Waals surface area contributed by atoms with E-state index in [4.69, 9.17) is 0 Å². The highest BCUT2D eigenvalue weighted by molar-refractivity contribution is 7.99. The summed E-state index contributed by atoms with van der Waals surface area (Å²) in [5, 5.41) is 14.8. The first-order valence-electron chi connectivity index (χ1n) is 7.69. The van der Waals surface area contributed by atoms with Crippen molar-refractivity contribution in [2.75, 3.05) is 5.75 Å². The molecule has 0 aliphatic rings. The number of benzene rings is 1. The summed E-state index contributed by atoms with van der Waals surface area (Å²) >= 11 is 1.32. The van der Waals surface area contributed by atoms with Crippen LogP contribution in [0.15, 0.2) is 29.4 Å². The fourth-order valence-corrected chi connectivity index (χ4v) is 2.92. The molecule has 0 aliphatic heterocycles. The van der Waals surface area contributed by atoms with E-state index in [1.54, 1.807) is 11.7 Å². The number of carbonyl (C=O) groups excluding carboxylic acids is 1. The monoisotopic (exact) mass is 333 g/mol. The average molecular weight is 333 g/mol. The smallest absolute Gasteiger partial charge is 0.230 e. The Bertz CT molecular complexity index is 638. The second-order valence-electron chi connectivity index (χ2n) is 6.00. The second kappa shape index (κ2) is 8.10. The summed E-state index contributed by atoms with van der Waals surface area (Å²) in [4.78, 5) is 12.0. The molecule has 0 spiro atoms. The number of tetrazole rings is 1. The fraction of sp³-hybridized carbons (Fsp3) is 0.500. The minimum Gasteiger partial charge on any atom is -0.349 e. The maximum atomic E-state index is 12.0. The molecule has 0 unspecified atom stereocenters. The summed E-state index contributed by atoms with van der Waals surface area (Å²) in [5.41, 5.74) is 2.43. The number of rotatable bonds is 7. The van der Waals surface area contributed by atoms with Crippen LogP contribution in [0.5, 0.6) is 0 Å². The van der Waals surface area contributed by atoms with E-state index in [2.05, 4.69) is 59.0 Å². The van der Waals surface area contributed by atoms with Gasteiger partial charge in [-0.05, 0) is 40.8 Å². The van der Waals surface area contributed by atoms with Gasteiger partial charge in [0.25, 0.3) is 0 Å². The Morgan fingerprint density at radius 3 is 2.52 bits per heavy atom. The Hall–Kier alpha value is -1.89. The lowest BCUT2D eigenvalue weighted by atomic mass is 10.00. The third kappa shape index (κ3) is 5.35. The second-order valence-corrected chi connectivity index (χ2v) is 6.94. The zero-order valence-electron chi connectivity index (χ0n) is 14.0. The molecule has 0 fully saturated rings. The number of carbonyl (C=O) groups is 1. The van der Waals surface area contributed by atoms with Crippen molar-refractivity contribution in [3.05, 3.63) is 35.4 Å². The number of hydrogen-bond acceptors (Lipinski definition) is 5. The van der Waals surface area contributed by atoms with E-state index in [9.17, 15) is 4.79 Å². The molecule has 1 amide bonds. The van der Waals surface area contributed by atoms with Crippen molar-refractivity contribution >= 4 is 17.7 Å². The number of aryl methyl sites for hydroxylation is 1. The minimum atomic E-state index is -0.0308. The summed E-state index contributed by atoms with van der Waals surface area (Å²) < 4.78 is 1.55. The highest BCUT2D eigenvalue weighted by atomic mass is 32.2. The Labute approximate surface area is 141 Å². The number of aromatic nitrogens is 4. The zero-order valence-corrected chi connectivity index (χ0v) is 14.8. The van der Waals surface area contributed by atoms with Gasteiger partial charge >= 0.3 is 0 Å². The largest absolute Gasteiger partial charge is 0.349 e. The quantitative estimate of drug-likeness (QED) is 0.788. The molecule has 1 aromatic heterocycles. The number of nitrogens with zero attached hydrogens (tertiary/aromatic N) is 4. The van der Waals surface area contributed by atoms with Gasteiger partial charge in [-0.25, -0.2) is 4.68 Å². The molecule has 23 heavy (non-hydrogen) atoms. The lowest BCUT2D eigenvalue weighted by molar-refractivity contribution is -0.119. The number of nitrogens with one attached hydrogen (secondary N) is 1. The molecule has 1 atom stereocenters. The van der Waals surface area contributed by atoms with Crippen LogP contribution < -0.4 is 5.32 Å². The third-order valence-corrected chi connectivity index (χ3v) is 4.43. The van der Waals surface area contributed by atoms with Gasteiger partial charge in [-0.15, -0.1) is 5.10 Å². The molecule has 1 heterocycles. The minimum absolute atomic E-state index is 0.0196. The van der Waals surface area contributed by atoms with E-state index in [1.165, 1.54) is 17.3 Å². The summed E-state index contributed by atoms with van der Waals surface area (Å²) in [6.07, 6.45) is 1.07. The van der Waals surface area contributed by atoms with Gasteiger partial charge < -0.3 is 5.32 Å². The van der Waals surface area contributed by atoms with Gasteiger partial charge in [0, 0.05) is 7.05 Å². The van der Waals surface area contributed by atoms with Crippen molar-refractivity contribution in [2.24, 2.45) is 13.0 Å². The van der Waals surface area contributed by atoms with E-state index in [0.717, 1.165) is 12.0 Å². The predicted octanol–water partition coefficient (Wildman–Crippen LogP) is 2.38. The van der Waals surface area contributed by atoms with E-state index >= 15 is 0 Å². The van der Waals surface area contributed by atoms with Crippen LogP contribution in [0.25, 0.3) is 0 Å². The molecular weight excluding hydrogens is 310 g/mol. The molecule has 0 radical (unpaired) electrons. The van der Waals surface area contributed by atoms with Crippen LogP contribution in [-0.2, 0) is 18.3 Å². The lowest BCUT2D eigenvalue weighted by Gasteiger charge is -2.15. The molecule has 0 aliphatic carbocycles. The topological polar surface area (TPSA) is 72.7 Å². The Kier molecular flexibility index (Phi) is 6.15. The Balaban J connectivity index is 1.84. The van der Waals surface area contributed by atoms with Gasteiger partial charge in [0.05, 0.1) is 11.8 Å². The number of thioether (sulfide) groups is 1. The van der Waals surface area contributed by atoms with Crippen LogP contribution in [0.1, 0.15) is 37.9 Å². The van der Waals surface area contributed by atoms with Crippen LogP contribution in [0, 0.1) is 5.92 Å². The normalized spacial score (nSPS) is 12.4. The van der Waals surface area contributed by atoms with E-state index in [-0.39, 0.29) is 11.9 Å². The molecule has 0 saturated carbocycles. The van der Waals surface area contributed by atoms with Crippen LogP contribution in [0.3, 0.4) is 0 Å². The molecule has 1 N–H and O–H groups in total. The molecule has 0 bridgehead atoms. The van der Waals surface area contributed by atoms with Gasteiger partial charge in [-0.2, -0.15) is 0 Å². The summed E-state index contributed by atoms with van der Waals surface area (Å²) in [6.45, 7) is 6.41. The fourth-order valence-electron chi connectivity index (χ4n) is 2.25. The maximum absolute atomic E-state index is 12.0. The van der Waals surface area contributed by atoms with Gasteiger partial charge in [0.15, 0.2) is 0 Å². The van der Waals surface area contributed by atoms with Crippen molar-refractivity contribution in [3.63, 3.8) is 0 Å². The molecule has 7 heteroatoms. The molecule has 2 rings (SSSR count). The van der Waals surface area contributed by atoms with Gasteiger partial charge in [-0.3, -0.25) is 4.79 Å². The predicted molar refractivity (Wildman–Crippen MR) is 91.1 cm³/mol. The van der Waals surface area contributed by atoms with E-state index in [1.807, 2.05) is 6.92 Å². The Morgan fingerprint density at radius 2 is 1.96 bits per heavy atom. The lowest BCUT2D eigenvalue weighted by Crippen LogP contribution is -2.28.